The molecule has 1 N–H and O–H groups in total. The summed E-state index contributed by atoms with van der Waals surface area (Å²) in [5, 5.41) is 11.5. The van der Waals surface area contributed by atoms with E-state index in [2.05, 4.69) is 10.3 Å². The number of anilines is 1. The largest absolute Gasteiger partial charge is 0.451 e. The fourth-order valence-electron chi connectivity index (χ4n) is 2.79. The molecule has 1 aromatic heterocycles. The van der Waals surface area contributed by atoms with Gasteiger partial charge >= 0.3 is 12.1 Å². The number of amides is 1. The average Bonchev–Trinajstić information content (AvgIpc) is 3.07. The lowest BCUT2D eigenvalue weighted by Gasteiger charge is -2.15. The number of alkyl halides is 3. The summed E-state index contributed by atoms with van der Waals surface area (Å²) in [5.41, 5.74) is 0.635. The molecule has 0 bridgehead atoms. The highest BCUT2D eigenvalue weighted by molar-refractivity contribution is 5.96. The number of nitriles is 1. The van der Waals surface area contributed by atoms with Crippen LogP contribution in [0, 0.1) is 11.3 Å². The van der Waals surface area contributed by atoms with E-state index in [0.29, 0.717) is 4.57 Å². The topological polar surface area (TPSA) is 97.0 Å². The number of fused-ring (bicyclic) bond motifs is 1. The van der Waals surface area contributed by atoms with Crippen LogP contribution in [-0.4, -0.2) is 27.5 Å². The predicted octanol–water partition coefficient (Wildman–Crippen LogP) is 3.50. The van der Waals surface area contributed by atoms with E-state index in [9.17, 15) is 22.8 Å². The molecule has 10 heteroatoms. The first-order valence-corrected chi connectivity index (χ1v) is 8.72. The van der Waals surface area contributed by atoms with E-state index in [1.807, 2.05) is 6.07 Å². The van der Waals surface area contributed by atoms with Crippen molar-refractivity contribution in [3.63, 3.8) is 0 Å². The first kappa shape index (κ1) is 20.9. The molecule has 0 aliphatic rings. The Bertz CT molecular complexity index is 1150. The van der Waals surface area contributed by atoms with Gasteiger partial charge in [-0.15, -0.1) is 0 Å². The van der Waals surface area contributed by atoms with Crippen LogP contribution in [0.5, 0.6) is 0 Å². The van der Waals surface area contributed by atoms with Gasteiger partial charge in [-0.1, -0.05) is 24.3 Å². The third kappa shape index (κ3) is 4.41. The van der Waals surface area contributed by atoms with E-state index in [1.165, 1.54) is 43.3 Å². The highest BCUT2D eigenvalue weighted by atomic mass is 19.4. The van der Waals surface area contributed by atoms with Crippen LogP contribution in [0.15, 0.2) is 48.5 Å². The molecule has 3 aromatic rings. The van der Waals surface area contributed by atoms with Crippen molar-refractivity contribution in [3.8, 4) is 6.07 Å². The van der Waals surface area contributed by atoms with Crippen molar-refractivity contribution < 1.29 is 27.5 Å². The van der Waals surface area contributed by atoms with E-state index >= 15 is 0 Å². The molecule has 1 unspecified atom stereocenters. The summed E-state index contributed by atoms with van der Waals surface area (Å²) < 4.78 is 45.6. The minimum atomic E-state index is -4.77. The summed E-state index contributed by atoms with van der Waals surface area (Å²) in [6.07, 6.45) is -6.07. The van der Waals surface area contributed by atoms with Gasteiger partial charge in [0.2, 0.25) is 5.82 Å². The number of hydrogen-bond donors (Lipinski definition) is 1. The summed E-state index contributed by atoms with van der Waals surface area (Å²) in [4.78, 5) is 28.1. The standard InChI is InChI=1S/C20H15F3N4O3/c1-12(18(29)25-14-7-3-2-6-13(14)10-24)30-17(28)11-27-16-9-5-4-8-15(16)26-19(27)20(21,22)23/h2-9,12H,11H2,1H3,(H,25,29). The highest BCUT2D eigenvalue weighted by Crippen LogP contribution is 2.31. The van der Waals surface area contributed by atoms with E-state index in [4.69, 9.17) is 10.00 Å². The third-order valence-corrected chi connectivity index (χ3v) is 4.18. The number of halogens is 3. The zero-order chi connectivity index (χ0) is 21.9. The van der Waals surface area contributed by atoms with E-state index in [0.717, 1.165) is 0 Å². The van der Waals surface area contributed by atoms with Crippen molar-refractivity contribution in [1.29, 1.82) is 5.26 Å². The van der Waals surface area contributed by atoms with Crippen LogP contribution in [0.2, 0.25) is 0 Å². The minimum absolute atomic E-state index is 0.0801. The molecule has 30 heavy (non-hydrogen) atoms. The molecule has 0 aliphatic carbocycles. The number of hydrogen-bond acceptors (Lipinski definition) is 5. The molecule has 0 spiro atoms. The number of imidazole rings is 1. The Kier molecular flexibility index (Phi) is 5.73. The van der Waals surface area contributed by atoms with Crippen molar-refractivity contribution in [2.45, 2.75) is 25.7 Å². The number of aromatic nitrogens is 2. The molecule has 1 amide bonds. The molecule has 2 aromatic carbocycles. The second kappa shape index (κ2) is 8.24. The Morgan fingerprint density at radius 3 is 2.57 bits per heavy atom. The SMILES string of the molecule is CC(OC(=O)Cn1c(C(F)(F)F)nc2ccccc21)C(=O)Nc1ccccc1C#N. The summed E-state index contributed by atoms with van der Waals surface area (Å²) in [7, 11) is 0. The Morgan fingerprint density at radius 1 is 1.20 bits per heavy atom. The molecule has 0 radical (unpaired) electrons. The molecule has 3 rings (SSSR count). The van der Waals surface area contributed by atoms with Crippen molar-refractivity contribution >= 4 is 28.6 Å². The molecular formula is C20H15F3N4O3. The van der Waals surface area contributed by atoms with Crippen LogP contribution < -0.4 is 5.32 Å². The van der Waals surface area contributed by atoms with Gasteiger partial charge in [-0.2, -0.15) is 18.4 Å². The first-order valence-electron chi connectivity index (χ1n) is 8.72. The average molecular weight is 416 g/mol. The number of benzene rings is 2. The molecule has 0 aliphatic heterocycles. The molecule has 7 nitrogen and oxygen atoms in total. The normalized spacial score (nSPS) is 12.2. The zero-order valence-corrected chi connectivity index (χ0v) is 15.6. The maximum absolute atomic E-state index is 13.3. The second-order valence-electron chi connectivity index (χ2n) is 6.29. The monoisotopic (exact) mass is 416 g/mol. The van der Waals surface area contributed by atoms with Crippen molar-refractivity contribution in [3.05, 3.63) is 59.9 Å². The van der Waals surface area contributed by atoms with Crippen LogP contribution in [0.3, 0.4) is 0 Å². The number of rotatable bonds is 5. The Labute approximate surface area is 168 Å². The van der Waals surface area contributed by atoms with Crippen LogP contribution >= 0.6 is 0 Å². The Hall–Kier alpha value is -3.87. The van der Waals surface area contributed by atoms with Gasteiger partial charge in [-0.05, 0) is 31.2 Å². The molecule has 1 atom stereocenters. The quantitative estimate of drug-likeness (QED) is 0.642. The van der Waals surface area contributed by atoms with Gasteiger partial charge in [0.1, 0.15) is 12.6 Å². The summed E-state index contributed by atoms with van der Waals surface area (Å²) in [6.45, 7) is 0.501. The van der Waals surface area contributed by atoms with Gasteiger partial charge in [0.05, 0.1) is 22.3 Å². The fraction of sp³-hybridized carbons (Fsp3) is 0.200. The molecule has 0 fully saturated rings. The van der Waals surface area contributed by atoms with Gasteiger partial charge in [-0.25, -0.2) is 4.98 Å². The zero-order valence-electron chi connectivity index (χ0n) is 15.6. The molecule has 1 heterocycles. The van der Waals surface area contributed by atoms with Crippen molar-refractivity contribution in [2.75, 3.05) is 5.32 Å². The smallest absolute Gasteiger partial charge is 0.449 e. The van der Waals surface area contributed by atoms with Crippen LogP contribution in [-0.2, 0) is 27.0 Å². The van der Waals surface area contributed by atoms with Gasteiger partial charge < -0.3 is 14.6 Å². The summed E-state index contributed by atoms with van der Waals surface area (Å²) >= 11 is 0. The lowest BCUT2D eigenvalue weighted by Crippen LogP contribution is -2.32. The molecule has 0 saturated carbocycles. The number of ether oxygens (including phenoxy) is 1. The molecule has 0 saturated heterocycles. The Balaban J connectivity index is 1.74. The van der Waals surface area contributed by atoms with Crippen molar-refractivity contribution in [2.24, 2.45) is 0 Å². The molecular weight excluding hydrogens is 401 g/mol. The number of carbonyl (C=O) groups is 2. The van der Waals surface area contributed by atoms with Gasteiger partial charge in [0.15, 0.2) is 6.10 Å². The van der Waals surface area contributed by atoms with Crippen LogP contribution in [0.4, 0.5) is 18.9 Å². The second-order valence-corrected chi connectivity index (χ2v) is 6.29. The van der Waals surface area contributed by atoms with E-state index in [1.54, 1.807) is 12.1 Å². The Morgan fingerprint density at radius 2 is 1.87 bits per heavy atom. The minimum Gasteiger partial charge on any atom is -0.451 e. The van der Waals surface area contributed by atoms with Crippen LogP contribution in [0.1, 0.15) is 18.3 Å². The van der Waals surface area contributed by atoms with Gasteiger partial charge in [-0.3, -0.25) is 9.59 Å². The maximum atomic E-state index is 13.3. The van der Waals surface area contributed by atoms with Gasteiger partial charge in [0.25, 0.3) is 5.91 Å². The van der Waals surface area contributed by atoms with E-state index < -0.39 is 36.5 Å². The number of carbonyl (C=O) groups excluding carboxylic acids is 2. The van der Waals surface area contributed by atoms with E-state index in [-0.39, 0.29) is 22.3 Å². The lowest BCUT2D eigenvalue weighted by atomic mass is 10.2. The fourth-order valence-corrected chi connectivity index (χ4v) is 2.79. The first-order chi connectivity index (χ1) is 14.2. The number of nitrogens with zero attached hydrogens (tertiary/aromatic N) is 3. The summed E-state index contributed by atoms with van der Waals surface area (Å²) in [5.74, 6) is -3.00. The lowest BCUT2D eigenvalue weighted by molar-refractivity contribution is -0.156. The van der Waals surface area contributed by atoms with Gasteiger partial charge in [0, 0.05) is 0 Å². The summed E-state index contributed by atoms with van der Waals surface area (Å²) in [6, 6.07) is 14.0. The predicted molar refractivity (Wildman–Crippen MR) is 100 cm³/mol. The number of esters is 1. The van der Waals surface area contributed by atoms with Crippen molar-refractivity contribution in [1.82, 2.24) is 9.55 Å². The maximum Gasteiger partial charge on any atom is 0.449 e. The molecule has 154 valence electrons. The number of nitrogens with one attached hydrogen (secondary N) is 1. The number of para-hydroxylation sites is 3. The highest BCUT2D eigenvalue weighted by Gasteiger charge is 2.38. The van der Waals surface area contributed by atoms with Crippen LogP contribution in [0.25, 0.3) is 11.0 Å². The third-order valence-electron chi connectivity index (χ3n) is 4.18.